The zero-order chi connectivity index (χ0) is 29.2. The van der Waals surface area contributed by atoms with Crippen LogP contribution in [0.5, 0.6) is 0 Å². The van der Waals surface area contributed by atoms with Crippen molar-refractivity contribution in [2.45, 2.75) is 31.7 Å². The number of hydrogen-bond acceptors (Lipinski definition) is 7. The summed E-state index contributed by atoms with van der Waals surface area (Å²) in [5.41, 5.74) is -3.56. The number of carbonyl (C=O) groups excluding carboxylic acids is 2. The fourth-order valence-electron chi connectivity index (χ4n) is 4.05. The lowest BCUT2D eigenvalue weighted by atomic mass is 10.0. The first kappa shape index (κ1) is 29.4. The second-order valence-electron chi connectivity index (χ2n) is 8.96. The van der Waals surface area contributed by atoms with Gasteiger partial charge >= 0.3 is 12.4 Å². The normalized spacial score (nSPS) is 15.4. The Morgan fingerprint density at radius 1 is 0.975 bits per heavy atom. The van der Waals surface area contributed by atoms with Crippen molar-refractivity contribution in [3.8, 4) is 10.7 Å². The number of nitrogens with zero attached hydrogens (tertiary/aromatic N) is 5. The van der Waals surface area contributed by atoms with Crippen molar-refractivity contribution in [3.63, 3.8) is 0 Å². The Hall–Kier alpha value is -3.59. The summed E-state index contributed by atoms with van der Waals surface area (Å²) in [6.07, 6.45) is -5.41. The molecule has 40 heavy (non-hydrogen) atoms. The molecule has 2 aromatic heterocycles. The average Bonchev–Trinajstić information content (AvgIpc) is 3.25. The van der Waals surface area contributed by atoms with Crippen molar-refractivity contribution >= 4 is 23.2 Å². The van der Waals surface area contributed by atoms with E-state index in [4.69, 9.17) is 4.74 Å². The zero-order valence-electron chi connectivity index (χ0n) is 21.2. The third-order valence-electron chi connectivity index (χ3n) is 6.29. The van der Waals surface area contributed by atoms with Gasteiger partial charge in [-0.3, -0.25) is 19.6 Å². The van der Waals surface area contributed by atoms with E-state index in [9.17, 15) is 35.9 Å². The lowest BCUT2D eigenvalue weighted by Gasteiger charge is -2.26. The number of benzene rings is 1. The van der Waals surface area contributed by atoms with Gasteiger partial charge in [0.05, 0.1) is 35.7 Å². The molecular weight excluding hydrogens is 564 g/mol. The molecule has 1 aromatic carbocycles. The summed E-state index contributed by atoms with van der Waals surface area (Å²) in [4.78, 5) is 41.9. The van der Waals surface area contributed by atoms with Crippen molar-refractivity contribution in [3.05, 3.63) is 64.1 Å². The standard InChI is InChI=1S/C25H23F6N5O3S/c1-14(35(2)22(37)15-10-16(24(26,27)28)12-17(11-15)25(29,30)31)19-20(33-5-4-32-19)21-34-13-18(40-21)23(38)36-6-3-8-39-9-7-36/h4-5,10-14H,3,6-9H2,1-2H3. The van der Waals surface area contributed by atoms with Crippen LogP contribution < -0.4 is 0 Å². The molecule has 0 saturated carbocycles. The van der Waals surface area contributed by atoms with Crippen molar-refractivity contribution in [2.75, 3.05) is 33.4 Å². The van der Waals surface area contributed by atoms with Crippen LogP contribution in [0, 0.1) is 0 Å². The lowest BCUT2D eigenvalue weighted by molar-refractivity contribution is -0.143. The number of aromatic nitrogens is 3. The van der Waals surface area contributed by atoms with Gasteiger partial charge in [0.1, 0.15) is 15.6 Å². The van der Waals surface area contributed by atoms with Crippen LogP contribution in [0.4, 0.5) is 26.3 Å². The number of thiazole rings is 1. The fraction of sp³-hybridized carbons (Fsp3) is 0.400. The summed E-state index contributed by atoms with van der Waals surface area (Å²) in [6, 6.07) is -0.220. The molecule has 8 nitrogen and oxygen atoms in total. The van der Waals surface area contributed by atoms with Gasteiger partial charge in [-0.1, -0.05) is 0 Å². The van der Waals surface area contributed by atoms with Gasteiger partial charge in [0.2, 0.25) is 0 Å². The van der Waals surface area contributed by atoms with E-state index < -0.39 is 41.0 Å². The van der Waals surface area contributed by atoms with Gasteiger partial charge in [-0.15, -0.1) is 11.3 Å². The molecule has 1 aliphatic heterocycles. The van der Waals surface area contributed by atoms with Gasteiger partial charge in [0.15, 0.2) is 0 Å². The highest BCUT2D eigenvalue weighted by atomic mass is 32.1. The second kappa shape index (κ2) is 11.5. The Balaban J connectivity index is 1.62. The maximum atomic E-state index is 13.3. The summed E-state index contributed by atoms with van der Waals surface area (Å²) in [5, 5.41) is 0.309. The molecule has 1 fully saturated rings. The van der Waals surface area contributed by atoms with Gasteiger partial charge in [-0.25, -0.2) is 4.98 Å². The third kappa shape index (κ3) is 6.41. The molecule has 3 aromatic rings. The largest absolute Gasteiger partial charge is 0.416 e. The van der Waals surface area contributed by atoms with Crippen LogP contribution in [-0.4, -0.2) is 69.9 Å². The summed E-state index contributed by atoms with van der Waals surface area (Å²) in [5.74, 6) is -1.32. The first-order valence-electron chi connectivity index (χ1n) is 12.0. The highest BCUT2D eigenvalue weighted by Gasteiger charge is 2.38. The topological polar surface area (TPSA) is 88.5 Å². The van der Waals surface area contributed by atoms with Crippen molar-refractivity contribution in [1.29, 1.82) is 0 Å². The van der Waals surface area contributed by atoms with Crippen LogP contribution in [-0.2, 0) is 17.1 Å². The predicted octanol–water partition coefficient (Wildman–Crippen LogP) is 5.33. The summed E-state index contributed by atoms with van der Waals surface area (Å²) >= 11 is 1.05. The predicted molar refractivity (Wildman–Crippen MR) is 131 cm³/mol. The molecule has 1 saturated heterocycles. The Morgan fingerprint density at radius 2 is 1.62 bits per heavy atom. The molecule has 2 amide bonds. The number of alkyl halides is 6. The van der Waals surface area contributed by atoms with E-state index in [0.717, 1.165) is 16.2 Å². The minimum Gasteiger partial charge on any atom is -0.380 e. The molecule has 15 heteroatoms. The third-order valence-corrected chi connectivity index (χ3v) is 7.28. The van der Waals surface area contributed by atoms with Crippen LogP contribution in [0.2, 0.25) is 0 Å². The van der Waals surface area contributed by atoms with Crippen LogP contribution >= 0.6 is 11.3 Å². The molecule has 0 radical (unpaired) electrons. The first-order valence-corrected chi connectivity index (χ1v) is 12.8. The Labute approximate surface area is 228 Å². The minimum absolute atomic E-state index is 0.0407. The van der Waals surface area contributed by atoms with Gasteiger partial charge in [0, 0.05) is 44.7 Å². The maximum Gasteiger partial charge on any atom is 0.416 e. The fourth-order valence-corrected chi connectivity index (χ4v) is 4.94. The van der Waals surface area contributed by atoms with Crippen molar-refractivity contribution in [2.24, 2.45) is 0 Å². The molecule has 1 atom stereocenters. The molecule has 0 N–H and O–H groups in total. The van der Waals surface area contributed by atoms with E-state index in [2.05, 4.69) is 15.0 Å². The molecule has 1 unspecified atom stereocenters. The van der Waals surface area contributed by atoms with E-state index in [1.165, 1.54) is 32.6 Å². The molecule has 214 valence electrons. The minimum atomic E-state index is -5.10. The van der Waals surface area contributed by atoms with E-state index in [-0.39, 0.29) is 23.4 Å². The first-order chi connectivity index (χ1) is 18.8. The Bertz CT molecular complexity index is 1350. The summed E-state index contributed by atoms with van der Waals surface area (Å²) in [7, 11) is 1.23. The second-order valence-corrected chi connectivity index (χ2v) is 10.00. The van der Waals surface area contributed by atoms with E-state index in [1.807, 2.05) is 0 Å². The van der Waals surface area contributed by atoms with E-state index in [0.29, 0.717) is 54.7 Å². The zero-order valence-corrected chi connectivity index (χ0v) is 22.0. The van der Waals surface area contributed by atoms with Crippen LogP contribution in [0.15, 0.2) is 36.8 Å². The maximum absolute atomic E-state index is 13.3. The van der Waals surface area contributed by atoms with Crippen molar-refractivity contribution < 1.29 is 40.7 Å². The number of amides is 2. The molecule has 1 aliphatic rings. The summed E-state index contributed by atoms with van der Waals surface area (Å²) in [6.45, 7) is 3.43. The molecule has 0 aliphatic carbocycles. The van der Waals surface area contributed by atoms with Crippen LogP contribution in [0.25, 0.3) is 10.7 Å². The highest BCUT2D eigenvalue weighted by Crippen LogP contribution is 2.37. The van der Waals surface area contributed by atoms with Gasteiger partial charge in [0.25, 0.3) is 11.8 Å². The van der Waals surface area contributed by atoms with Gasteiger partial charge < -0.3 is 14.5 Å². The Morgan fingerprint density at radius 3 is 2.27 bits per heavy atom. The molecule has 0 spiro atoms. The molecule has 3 heterocycles. The number of halogens is 6. The number of carbonyl (C=O) groups is 2. The van der Waals surface area contributed by atoms with Crippen LogP contribution in [0.3, 0.4) is 0 Å². The van der Waals surface area contributed by atoms with Crippen molar-refractivity contribution in [1.82, 2.24) is 24.8 Å². The Kier molecular flexibility index (Phi) is 8.44. The van der Waals surface area contributed by atoms with Crippen LogP contribution in [0.1, 0.15) is 56.2 Å². The quantitative estimate of drug-likeness (QED) is 0.375. The van der Waals surface area contributed by atoms with E-state index >= 15 is 0 Å². The SMILES string of the molecule is CC(c1nccnc1-c1ncc(C(=O)N2CCCOCC2)s1)N(C)C(=O)c1cc(C(F)(F)F)cc(C(F)(F)F)c1. The number of hydrogen-bond donors (Lipinski definition) is 0. The molecule has 0 bridgehead atoms. The van der Waals surface area contributed by atoms with Gasteiger partial charge in [-0.05, 0) is 31.5 Å². The van der Waals surface area contributed by atoms with E-state index in [1.54, 1.807) is 4.90 Å². The highest BCUT2D eigenvalue weighted by molar-refractivity contribution is 7.16. The molecule has 4 rings (SSSR count). The lowest BCUT2D eigenvalue weighted by Crippen LogP contribution is -2.32. The summed E-state index contributed by atoms with van der Waals surface area (Å²) < 4.78 is 85.3. The average molecular weight is 588 g/mol. The number of rotatable bonds is 5. The van der Waals surface area contributed by atoms with Gasteiger partial charge in [-0.2, -0.15) is 26.3 Å². The molecular formula is C25H23F6N5O3S. The monoisotopic (exact) mass is 587 g/mol. The number of ether oxygens (including phenoxy) is 1. The smallest absolute Gasteiger partial charge is 0.380 e.